The number of carbonyl (C=O) groups is 1. The van der Waals surface area contributed by atoms with E-state index >= 15 is 0 Å². The van der Waals surface area contributed by atoms with E-state index in [-0.39, 0.29) is 5.91 Å². The zero-order valence-electron chi connectivity index (χ0n) is 18.6. The van der Waals surface area contributed by atoms with Crippen LogP contribution in [0, 0.1) is 0 Å². The van der Waals surface area contributed by atoms with Gasteiger partial charge in [-0.3, -0.25) is 4.79 Å². The molecule has 1 aliphatic rings. The summed E-state index contributed by atoms with van der Waals surface area (Å²) >= 11 is 0. The number of hydrogen-bond acceptors (Lipinski definition) is 3. The Morgan fingerprint density at radius 2 is 1.90 bits per heavy atom. The Morgan fingerprint density at radius 1 is 1.13 bits per heavy atom. The van der Waals surface area contributed by atoms with Crippen molar-refractivity contribution < 1.29 is 9.53 Å². The van der Waals surface area contributed by atoms with Crippen LogP contribution in [0.3, 0.4) is 0 Å². The Bertz CT molecular complexity index is 1000. The van der Waals surface area contributed by atoms with E-state index in [2.05, 4.69) is 47.5 Å². The largest absolute Gasteiger partial charge is 0.494 e. The number of anilines is 1. The van der Waals surface area contributed by atoms with Crippen LogP contribution in [0.15, 0.2) is 48.7 Å². The summed E-state index contributed by atoms with van der Waals surface area (Å²) in [6, 6.07) is 13.5. The molecule has 0 aliphatic carbocycles. The first-order valence-electron chi connectivity index (χ1n) is 11.5. The van der Waals surface area contributed by atoms with Gasteiger partial charge in [0.15, 0.2) is 0 Å². The monoisotopic (exact) mass is 419 g/mol. The van der Waals surface area contributed by atoms with Gasteiger partial charge in [0.25, 0.3) is 5.91 Å². The van der Waals surface area contributed by atoms with Gasteiger partial charge in [0, 0.05) is 28.4 Å². The minimum absolute atomic E-state index is 0.103. The highest BCUT2D eigenvalue weighted by atomic mass is 16.5. The quantitative estimate of drug-likeness (QED) is 0.454. The van der Waals surface area contributed by atoms with Crippen molar-refractivity contribution >= 4 is 22.5 Å². The number of fused-ring (bicyclic) bond motifs is 1. The fourth-order valence-corrected chi connectivity index (χ4v) is 4.33. The molecule has 5 heteroatoms. The van der Waals surface area contributed by atoms with Crippen molar-refractivity contribution in [3.8, 4) is 5.75 Å². The number of hydrogen-bond donors (Lipinski definition) is 2. The maximum absolute atomic E-state index is 12.8. The molecule has 1 aromatic heterocycles. The molecule has 0 atom stereocenters. The zero-order valence-corrected chi connectivity index (χ0v) is 18.6. The molecule has 0 spiro atoms. The average molecular weight is 420 g/mol. The number of nitrogens with one attached hydrogen (secondary N) is 2. The molecule has 4 rings (SSSR count). The van der Waals surface area contributed by atoms with E-state index in [4.69, 9.17) is 4.74 Å². The van der Waals surface area contributed by atoms with Crippen LogP contribution < -0.4 is 10.1 Å². The normalized spacial score (nSPS) is 15.3. The number of nitrogens with zero attached hydrogens (tertiary/aromatic N) is 1. The summed E-state index contributed by atoms with van der Waals surface area (Å²) in [5.74, 6) is 1.28. The van der Waals surface area contributed by atoms with Crippen LogP contribution >= 0.6 is 0 Å². The van der Waals surface area contributed by atoms with Gasteiger partial charge < -0.3 is 19.9 Å². The lowest BCUT2D eigenvalue weighted by molar-refractivity contribution is 0.102. The van der Waals surface area contributed by atoms with Gasteiger partial charge in [0.1, 0.15) is 5.75 Å². The molecule has 1 amide bonds. The molecule has 0 bridgehead atoms. The average Bonchev–Trinajstić information content (AvgIpc) is 3.21. The molecule has 0 unspecified atom stereocenters. The van der Waals surface area contributed by atoms with E-state index in [9.17, 15) is 4.79 Å². The van der Waals surface area contributed by atoms with Gasteiger partial charge in [-0.15, -0.1) is 0 Å². The Labute approximate surface area is 184 Å². The summed E-state index contributed by atoms with van der Waals surface area (Å²) in [7, 11) is 2.18. The molecule has 0 saturated carbocycles. The molecule has 31 heavy (non-hydrogen) atoms. The van der Waals surface area contributed by atoms with Crippen LogP contribution in [0.1, 0.15) is 60.9 Å². The zero-order chi connectivity index (χ0) is 21.6. The van der Waals surface area contributed by atoms with Crippen molar-refractivity contribution in [1.29, 1.82) is 0 Å². The Morgan fingerprint density at radius 3 is 2.65 bits per heavy atom. The highest BCUT2D eigenvalue weighted by molar-refractivity contribution is 6.05. The summed E-state index contributed by atoms with van der Waals surface area (Å²) in [4.78, 5) is 18.5. The molecule has 5 nitrogen and oxygen atoms in total. The van der Waals surface area contributed by atoms with Gasteiger partial charge in [-0.1, -0.05) is 19.8 Å². The molecule has 0 radical (unpaired) electrons. The van der Waals surface area contributed by atoms with Gasteiger partial charge >= 0.3 is 0 Å². The molecule has 1 saturated heterocycles. The summed E-state index contributed by atoms with van der Waals surface area (Å²) < 4.78 is 5.74. The molecular weight excluding hydrogens is 386 g/mol. The number of likely N-dealkylation sites (tertiary alicyclic amines) is 1. The number of unbranched alkanes of at least 4 members (excludes halogenated alkanes) is 2. The predicted molar refractivity (Wildman–Crippen MR) is 127 cm³/mol. The van der Waals surface area contributed by atoms with E-state index in [1.54, 1.807) is 0 Å². The molecule has 1 aliphatic heterocycles. The first-order chi connectivity index (χ1) is 15.1. The van der Waals surface area contributed by atoms with Crippen LogP contribution in [-0.2, 0) is 0 Å². The number of H-pyrrole nitrogens is 1. The van der Waals surface area contributed by atoms with Crippen LogP contribution in [0.5, 0.6) is 5.75 Å². The topological polar surface area (TPSA) is 57.4 Å². The van der Waals surface area contributed by atoms with E-state index in [1.807, 2.05) is 30.3 Å². The van der Waals surface area contributed by atoms with Crippen LogP contribution in [0.4, 0.5) is 5.69 Å². The number of piperidine rings is 1. The third-order valence-corrected chi connectivity index (χ3v) is 6.26. The first kappa shape index (κ1) is 21.4. The number of aromatic nitrogens is 1. The van der Waals surface area contributed by atoms with Gasteiger partial charge in [-0.2, -0.15) is 0 Å². The Hall–Kier alpha value is -2.79. The minimum Gasteiger partial charge on any atom is -0.494 e. The number of benzene rings is 2. The fourth-order valence-electron chi connectivity index (χ4n) is 4.33. The van der Waals surface area contributed by atoms with Crippen LogP contribution in [0.2, 0.25) is 0 Å². The number of amides is 1. The van der Waals surface area contributed by atoms with Crippen LogP contribution in [0.25, 0.3) is 10.9 Å². The van der Waals surface area contributed by atoms with Crippen molar-refractivity contribution in [1.82, 2.24) is 9.88 Å². The number of aromatic amines is 1. The predicted octanol–water partition coefficient (Wildman–Crippen LogP) is 5.80. The molecule has 2 aromatic carbocycles. The summed E-state index contributed by atoms with van der Waals surface area (Å²) in [6.45, 7) is 5.16. The lowest BCUT2D eigenvalue weighted by Crippen LogP contribution is -2.29. The summed E-state index contributed by atoms with van der Waals surface area (Å²) in [5, 5.41) is 4.27. The van der Waals surface area contributed by atoms with Gasteiger partial charge in [0.2, 0.25) is 0 Å². The lowest BCUT2D eigenvalue weighted by atomic mass is 9.89. The minimum atomic E-state index is -0.103. The maximum atomic E-state index is 12.8. The van der Waals surface area contributed by atoms with E-state index in [1.165, 1.54) is 36.6 Å². The third kappa shape index (κ3) is 5.28. The van der Waals surface area contributed by atoms with Crippen LogP contribution in [-0.4, -0.2) is 42.5 Å². The van der Waals surface area contributed by atoms with Gasteiger partial charge in [0.05, 0.1) is 6.61 Å². The third-order valence-electron chi connectivity index (χ3n) is 6.26. The standard InChI is InChI=1S/C26H33N3O2/c1-3-4-5-16-31-22-9-6-20(7-10-22)26(30)28-21-8-11-25-23(17-21)24(18-27-25)19-12-14-29(2)15-13-19/h6-11,17-19,27H,3-5,12-16H2,1-2H3,(H,28,30). The smallest absolute Gasteiger partial charge is 0.255 e. The molecule has 1 fully saturated rings. The second kappa shape index (κ2) is 10.0. The van der Waals surface area contributed by atoms with Crippen molar-refractivity contribution in [2.45, 2.75) is 44.9 Å². The fraction of sp³-hybridized carbons (Fsp3) is 0.423. The first-order valence-corrected chi connectivity index (χ1v) is 11.5. The molecule has 2 heterocycles. The van der Waals surface area contributed by atoms with E-state index < -0.39 is 0 Å². The summed E-state index contributed by atoms with van der Waals surface area (Å²) in [5.41, 5.74) is 3.94. The lowest BCUT2D eigenvalue weighted by Gasteiger charge is -2.28. The number of carbonyl (C=O) groups excluding carboxylic acids is 1. The van der Waals surface area contributed by atoms with Gasteiger partial charge in [-0.25, -0.2) is 0 Å². The molecule has 3 aromatic rings. The van der Waals surface area contributed by atoms with Crippen molar-refractivity contribution in [2.24, 2.45) is 0 Å². The van der Waals surface area contributed by atoms with E-state index in [0.717, 1.165) is 43.1 Å². The van der Waals surface area contributed by atoms with E-state index in [0.29, 0.717) is 11.5 Å². The highest BCUT2D eigenvalue weighted by Gasteiger charge is 2.21. The highest BCUT2D eigenvalue weighted by Crippen LogP contribution is 2.34. The Kier molecular flexibility index (Phi) is 6.92. The number of rotatable bonds is 8. The van der Waals surface area contributed by atoms with Crippen molar-refractivity contribution in [3.63, 3.8) is 0 Å². The SMILES string of the molecule is CCCCCOc1ccc(C(=O)Nc2ccc3[nH]cc(C4CCN(C)CC4)c3c2)cc1. The number of ether oxygens (including phenoxy) is 1. The second-order valence-electron chi connectivity index (χ2n) is 8.62. The molecular formula is C26H33N3O2. The van der Waals surface area contributed by atoms with Gasteiger partial charge in [-0.05, 0) is 93.3 Å². The molecule has 164 valence electrons. The van der Waals surface area contributed by atoms with Crippen molar-refractivity contribution in [3.05, 3.63) is 59.8 Å². The Balaban J connectivity index is 1.42. The molecule has 2 N–H and O–H groups in total. The summed E-state index contributed by atoms with van der Waals surface area (Å²) in [6.07, 6.45) is 7.90. The second-order valence-corrected chi connectivity index (χ2v) is 8.62. The van der Waals surface area contributed by atoms with Crippen molar-refractivity contribution in [2.75, 3.05) is 32.1 Å². The maximum Gasteiger partial charge on any atom is 0.255 e.